The van der Waals surface area contributed by atoms with E-state index in [0.29, 0.717) is 17.0 Å². The van der Waals surface area contributed by atoms with Crippen LogP contribution in [0, 0.1) is 5.92 Å². The van der Waals surface area contributed by atoms with E-state index in [1.165, 1.54) is 0 Å². The van der Waals surface area contributed by atoms with Crippen molar-refractivity contribution in [3.05, 3.63) is 42.2 Å². The van der Waals surface area contributed by atoms with E-state index in [1.807, 2.05) is 13.8 Å². The number of benzene rings is 1. The number of carbonyl (C=O) groups is 1. The second kappa shape index (κ2) is 7.78. The molecule has 0 spiro atoms. The number of aliphatic hydroxyl groups excluding tert-OH is 1. The van der Waals surface area contributed by atoms with Gasteiger partial charge in [0.25, 0.3) is 5.91 Å². The maximum atomic E-state index is 12.5. The fraction of sp³-hybridized carbons (Fsp3) is 0.412. The van der Waals surface area contributed by atoms with Gasteiger partial charge in [0.2, 0.25) is 0 Å². The van der Waals surface area contributed by atoms with E-state index < -0.39 is 0 Å². The third-order valence-corrected chi connectivity index (χ3v) is 4.04. The largest absolute Gasteiger partial charge is 0.494 e. The van der Waals surface area contributed by atoms with E-state index >= 15 is 0 Å². The van der Waals surface area contributed by atoms with E-state index in [9.17, 15) is 9.90 Å². The Morgan fingerprint density at radius 2 is 2.26 bits per heavy atom. The average molecular weight is 317 g/mol. The number of hydrogen-bond acceptors (Lipinski definition) is 4. The molecule has 0 bridgehead atoms. The fourth-order valence-corrected chi connectivity index (χ4v) is 2.33. The number of aromatic nitrogens is 2. The lowest BCUT2D eigenvalue weighted by Crippen LogP contribution is -2.41. The summed E-state index contributed by atoms with van der Waals surface area (Å²) in [5.41, 5.74) is 1.19. The standard InChI is InChI=1S/C17H23N3O3/c1-4-12(2)14(11-21)19-17(22)13-6-7-16(23-3)15(10-13)20-9-5-8-18-20/h5-10,12,14,21H,4,11H2,1-3H3,(H,19,22)/t12-,14+/m1/s1. The molecule has 0 unspecified atom stereocenters. The highest BCUT2D eigenvalue weighted by Crippen LogP contribution is 2.23. The first-order valence-corrected chi connectivity index (χ1v) is 7.70. The highest BCUT2D eigenvalue weighted by molar-refractivity contribution is 5.95. The minimum Gasteiger partial charge on any atom is -0.494 e. The minimum atomic E-state index is -0.261. The van der Waals surface area contributed by atoms with Crippen LogP contribution in [0.3, 0.4) is 0 Å². The highest BCUT2D eigenvalue weighted by Gasteiger charge is 2.19. The molecule has 1 aromatic heterocycles. The van der Waals surface area contributed by atoms with Crippen molar-refractivity contribution in [2.75, 3.05) is 13.7 Å². The van der Waals surface area contributed by atoms with Crippen LogP contribution in [0.5, 0.6) is 5.75 Å². The molecule has 0 aliphatic rings. The second-order valence-corrected chi connectivity index (χ2v) is 5.49. The number of nitrogens with one attached hydrogen (secondary N) is 1. The summed E-state index contributed by atoms with van der Waals surface area (Å²) in [6.45, 7) is 3.95. The lowest BCUT2D eigenvalue weighted by atomic mass is 9.99. The lowest BCUT2D eigenvalue weighted by molar-refractivity contribution is 0.0891. The molecule has 0 saturated carbocycles. The Morgan fingerprint density at radius 1 is 1.48 bits per heavy atom. The van der Waals surface area contributed by atoms with Gasteiger partial charge >= 0.3 is 0 Å². The van der Waals surface area contributed by atoms with E-state index in [4.69, 9.17) is 4.74 Å². The second-order valence-electron chi connectivity index (χ2n) is 5.49. The van der Waals surface area contributed by atoms with Crippen molar-refractivity contribution in [2.45, 2.75) is 26.3 Å². The van der Waals surface area contributed by atoms with Crippen LogP contribution in [0.15, 0.2) is 36.7 Å². The van der Waals surface area contributed by atoms with Crippen molar-refractivity contribution < 1.29 is 14.6 Å². The van der Waals surface area contributed by atoms with Crippen LogP contribution in [0.2, 0.25) is 0 Å². The van der Waals surface area contributed by atoms with Crippen molar-refractivity contribution in [1.82, 2.24) is 15.1 Å². The molecule has 0 fully saturated rings. The van der Waals surface area contributed by atoms with Gasteiger partial charge in [-0.25, -0.2) is 4.68 Å². The Kier molecular flexibility index (Phi) is 5.76. The maximum absolute atomic E-state index is 12.5. The first-order chi connectivity index (χ1) is 11.1. The molecule has 2 rings (SSSR count). The number of amides is 1. The van der Waals surface area contributed by atoms with Gasteiger partial charge in [-0.05, 0) is 30.2 Å². The third-order valence-electron chi connectivity index (χ3n) is 4.04. The van der Waals surface area contributed by atoms with Crippen LogP contribution < -0.4 is 10.1 Å². The summed E-state index contributed by atoms with van der Waals surface area (Å²) in [6, 6.07) is 6.71. The number of carbonyl (C=O) groups excluding carboxylic acids is 1. The SMILES string of the molecule is CC[C@@H](C)[C@H](CO)NC(=O)c1ccc(OC)c(-n2cccn2)c1. The average Bonchev–Trinajstić information content (AvgIpc) is 3.12. The molecule has 0 saturated heterocycles. The summed E-state index contributed by atoms with van der Waals surface area (Å²) in [6.07, 6.45) is 4.33. The van der Waals surface area contributed by atoms with Crippen LogP contribution in [0.25, 0.3) is 5.69 Å². The van der Waals surface area contributed by atoms with Gasteiger partial charge in [0.1, 0.15) is 11.4 Å². The van der Waals surface area contributed by atoms with Crippen LogP contribution in [0.4, 0.5) is 0 Å². The summed E-state index contributed by atoms with van der Waals surface area (Å²) in [5, 5.41) is 16.5. The molecule has 1 amide bonds. The van der Waals surface area contributed by atoms with E-state index in [-0.39, 0.29) is 24.5 Å². The quantitative estimate of drug-likeness (QED) is 0.819. The summed E-state index contributed by atoms with van der Waals surface area (Å²) < 4.78 is 6.98. The monoisotopic (exact) mass is 317 g/mol. The zero-order valence-electron chi connectivity index (χ0n) is 13.7. The summed E-state index contributed by atoms with van der Waals surface area (Å²) in [7, 11) is 1.58. The highest BCUT2D eigenvalue weighted by atomic mass is 16.5. The molecule has 1 heterocycles. The van der Waals surface area contributed by atoms with Crippen LogP contribution in [-0.2, 0) is 0 Å². The lowest BCUT2D eigenvalue weighted by Gasteiger charge is -2.22. The van der Waals surface area contributed by atoms with Crippen LogP contribution in [0.1, 0.15) is 30.6 Å². The number of nitrogens with zero attached hydrogens (tertiary/aromatic N) is 2. The fourth-order valence-electron chi connectivity index (χ4n) is 2.33. The first kappa shape index (κ1) is 17.0. The Morgan fingerprint density at radius 3 is 2.83 bits per heavy atom. The topological polar surface area (TPSA) is 76.4 Å². The summed E-state index contributed by atoms with van der Waals surface area (Å²) in [5.74, 6) is 0.610. The van der Waals surface area contributed by atoms with Crippen molar-refractivity contribution in [3.8, 4) is 11.4 Å². The summed E-state index contributed by atoms with van der Waals surface area (Å²) >= 11 is 0. The van der Waals surface area contributed by atoms with Crippen molar-refractivity contribution in [1.29, 1.82) is 0 Å². The Bertz CT molecular complexity index is 641. The molecule has 0 aliphatic carbocycles. The molecular weight excluding hydrogens is 294 g/mol. The molecule has 124 valence electrons. The molecule has 0 aliphatic heterocycles. The Labute approximate surface area is 136 Å². The number of hydrogen-bond donors (Lipinski definition) is 2. The van der Waals surface area contributed by atoms with Crippen molar-refractivity contribution >= 4 is 5.91 Å². The van der Waals surface area contributed by atoms with Gasteiger partial charge in [0, 0.05) is 18.0 Å². The molecule has 2 aromatic rings. The number of ether oxygens (including phenoxy) is 1. The molecule has 23 heavy (non-hydrogen) atoms. The van der Waals surface area contributed by atoms with Gasteiger partial charge in [-0.15, -0.1) is 0 Å². The maximum Gasteiger partial charge on any atom is 0.251 e. The molecule has 2 atom stereocenters. The van der Waals surface area contributed by atoms with Gasteiger partial charge in [-0.3, -0.25) is 4.79 Å². The van der Waals surface area contributed by atoms with Gasteiger partial charge in [-0.1, -0.05) is 20.3 Å². The molecule has 0 radical (unpaired) electrons. The Balaban J connectivity index is 2.26. The third kappa shape index (κ3) is 3.90. The summed E-state index contributed by atoms with van der Waals surface area (Å²) in [4.78, 5) is 12.5. The van der Waals surface area contributed by atoms with Gasteiger partial charge in [0.05, 0.1) is 19.8 Å². The van der Waals surface area contributed by atoms with E-state index in [0.717, 1.165) is 6.42 Å². The number of aliphatic hydroxyl groups is 1. The molecule has 6 nitrogen and oxygen atoms in total. The zero-order chi connectivity index (χ0) is 16.8. The van der Waals surface area contributed by atoms with Crippen molar-refractivity contribution in [2.24, 2.45) is 5.92 Å². The molecular formula is C17H23N3O3. The zero-order valence-corrected chi connectivity index (χ0v) is 13.7. The molecule has 6 heteroatoms. The number of methoxy groups -OCH3 is 1. The minimum absolute atomic E-state index is 0.0804. The van der Waals surface area contributed by atoms with Gasteiger partial charge in [-0.2, -0.15) is 5.10 Å². The molecule has 1 aromatic carbocycles. The Hall–Kier alpha value is -2.34. The number of rotatable bonds is 7. The van der Waals surface area contributed by atoms with Crippen LogP contribution in [-0.4, -0.2) is 40.6 Å². The van der Waals surface area contributed by atoms with Gasteiger partial charge < -0.3 is 15.2 Å². The van der Waals surface area contributed by atoms with E-state index in [2.05, 4.69) is 10.4 Å². The first-order valence-electron chi connectivity index (χ1n) is 7.70. The van der Waals surface area contributed by atoms with Gasteiger partial charge in [0.15, 0.2) is 0 Å². The van der Waals surface area contributed by atoms with Crippen LogP contribution >= 0.6 is 0 Å². The predicted molar refractivity (Wildman–Crippen MR) is 87.9 cm³/mol. The normalized spacial score (nSPS) is 13.4. The van der Waals surface area contributed by atoms with E-state index in [1.54, 1.807) is 48.5 Å². The predicted octanol–water partition coefficient (Wildman–Crippen LogP) is 2.02. The smallest absolute Gasteiger partial charge is 0.251 e. The molecule has 2 N–H and O–H groups in total. The van der Waals surface area contributed by atoms with Crippen molar-refractivity contribution in [3.63, 3.8) is 0 Å².